The van der Waals surface area contributed by atoms with Crippen molar-refractivity contribution in [3.63, 3.8) is 0 Å². The molecule has 7 nitrogen and oxygen atoms in total. The average Bonchev–Trinajstić information content (AvgIpc) is 3.24. The highest BCUT2D eigenvalue weighted by Crippen LogP contribution is 2.35. The van der Waals surface area contributed by atoms with Gasteiger partial charge >= 0.3 is 6.03 Å². The summed E-state index contributed by atoms with van der Waals surface area (Å²) in [7, 11) is 0. The molecule has 2 amide bonds. The number of allylic oxidation sites excluding steroid dienone is 1. The van der Waals surface area contributed by atoms with E-state index in [1.807, 2.05) is 11.1 Å². The summed E-state index contributed by atoms with van der Waals surface area (Å²) >= 11 is 0. The molecule has 2 aromatic carbocycles. The molecule has 31 heavy (non-hydrogen) atoms. The minimum Gasteiger partial charge on any atom is -0.379 e. The van der Waals surface area contributed by atoms with E-state index in [1.165, 1.54) is 28.0 Å². The van der Waals surface area contributed by atoms with Gasteiger partial charge in [0.25, 0.3) is 0 Å². The second-order valence-corrected chi connectivity index (χ2v) is 8.14. The third kappa shape index (κ3) is 4.58. The number of ether oxygens (including phenoxy) is 1. The van der Waals surface area contributed by atoms with Crippen molar-refractivity contribution in [2.24, 2.45) is 0 Å². The Bertz CT molecular complexity index is 960. The van der Waals surface area contributed by atoms with Crippen molar-refractivity contribution in [2.45, 2.75) is 6.42 Å². The van der Waals surface area contributed by atoms with Crippen LogP contribution in [0.1, 0.15) is 16.7 Å². The summed E-state index contributed by atoms with van der Waals surface area (Å²) < 4.78 is 5.32. The van der Waals surface area contributed by atoms with Gasteiger partial charge < -0.3 is 20.3 Å². The molecule has 3 N–H and O–H groups in total. The predicted octanol–water partition coefficient (Wildman–Crippen LogP) is 2.45. The highest BCUT2D eigenvalue weighted by molar-refractivity contribution is 5.92. The molecule has 1 aliphatic carbocycles. The molecule has 0 aromatic heterocycles. The van der Waals surface area contributed by atoms with Gasteiger partial charge in [-0.05, 0) is 52.9 Å². The first-order chi connectivity index (χ1) is 15.3. The van der Waals surface area contributed by atoms with Gasteiger partial charge in [0.1, 0.15) is 0 Å². The minimum absolute atomic E-state index is 0.217. The molecule has 0 bridgehead atoms. The fourth-order valence-corrected chi connectivity index (χ4v) is 4.43. The Labute approximate surface area is 183 Å². The van der Waals surface area contributed by atoms with Crippen LogP contribution in [0.4, 0.5) is 16.2 Å². The zero-order valence-electron chi connectivity index (χ0n) is 17.7. The monoisotopic (exact) mass is 419 g/mol. The van der Waals surface area contributed by atoms with Crippen LogP contribution in [0.3, 0.4) is 0 Å². The lowest BCUT2D eigenvalue weighted by molar-refractivity contribution is 0.0207. The summed E-state index contributed by atoms with van der Waals surface area (Å²) in [6.07, 6.45) is 3.20. The molecule has 7 heteroatoms. The van der Waals surface area contributed by atoms with Crippen LogP contribution in [0, 0.1) is 0 Å². The summed E-state index contributed by atoms with van der Waals surface area (Å²) in [5.74, 6) is 0. The van der Waals surface area contributed by atoms with Crippen molar-refractivity contribution in [1.82, 2.24) is 15.8 Å². The fraction of sp³-hybridized carbons (Fsp3) is 0.375. The zero-order valence-corrected chi connectivity index (χ0v) is 17.7. The topological polar surface area (TPSA) is 68.9 Å². The number of amides is 2. The van der Waals surface area contributed by atoms with Gasteiger partial charge in [0.2, 0.25) is 0 Å². The molecule has 2 aliphatic heterocycles. The van der Waals surface area contributed by atoms with Crippen molar-refractivity contribution in [1.29, 1.82) is 0 Å². The van der Waals surface area contributed by atoms with E-state index >= 15 is 0 Å². The summed E-state index contributed by atoms with van der Waals surface area (Å²) in [6, 6.07) is 14.8. The second-order valence-electron chi connectivity index (χ2n) is 8.14. The first-order valence-corrected chi connectivity index (χ1v) is 11.1. The first-order valence-electron chi connectivity index (χ1n) is 11.1. The molecule has 0 spiro atoms. The van der Waals surface area contributed by atoms with Crippen LogP contribution in [-0.4, -0.2) is 63.5 Å². The molecule has 0 unspecified atom stereocenters. The lowest BCUT2D eigenvalue weighted by atomic mass is 9.98. The maximum absolute atomic E-state index is 12.4. The number of rotatable bonds is 4. The standard InChI is InChI=1S/C24H29N5O2/c30-24(27-29-13-15-31-16-14-29)26-20-5-1-19-4-8-22(23(19)17-20)18-2-6-21(7-3-18)28-11-9-25-10-12-28/h1-3,5-8,17,25H,4,9-16H2,(H2,26,27,30). The normalized spacial score (nSPS) is 19.0. The third-order valence-corrected chi connectivity index (χ3v) is 6.12. The van der Waals surface area contributed by atoms with E-state index in [-0.39, 0.29) is 6.03 Å². The van der Waals surface area contributed by atoms with Crippen LogP contribution in [0.15, 0.2) is 48.5 Å². The fourth-order valence-electron chi connectivity index (χ4n) is 4.43. The average molecular weight is 420 g/mol. The molecule has 0 atom stereocenters. The number of urea groups is 1. The molecule has 2 fully saturated rings. The Morgan fingerprint density at radius 3 is 2.52 bits per heavy atom. The molecule has 162 valence electrons. The Balaban J connectivity index is 1.27. The van der Waals surface area contributed by atoms with Gasteiger partial charge in [-0.1, -0.05) is 24.3 Å². The smallest absolute Gasteiger partial charge is 0.333 e. The highest BCUT2D eigenvalue weighted by Gasteiger charge is 2.18. The van der Waals surface area contributed by atoms with Crippen molar-refractivity contribution in [3.05, 3.63) is 65.2 Å². The van der Waals surface area contributed by atoms with E-state index in [2.05, 4.69) is 63.4 Å². The first kappa shape index (κ1) is 20.1. The maximum atomic E-state index is 12.4. The Kier molecular flexibility index (Phi) is 5.88. The van der Waals surface area contributed by atoms with Gasteiger partial charge in [-0.3, -0.25) is 5.43 Å². The van der Waals surface area contributed by atoms with Gasteiger partial charge in [0.05, 0.1) is 13.2 Å². The number of morpholine rings is 1. The number of hydrazine groups is 1. The summed E-state index contributed by atoms with van der Waals surface area (Å²) in [4.78, 5) is 14.8. The molecule has 2 aromatic rings. The number of carbonyl (C=O) groups excluding carboxylic acids is 1. The number of carbonyl (C=O) groups is 1. The largest absolute Gasteiger partial charge is 0.379 e. The summed E-state index contributed by atoms with van der Waals surface area (Å²) in [5.41, 5.74) is 9.91. The van der Waals surface area contributed by atoms with Crippen molar-refractivity contribution in [3.8, 4) is 0 Å². The van der Waals surface area contributed by atoms with Gasteiger partial charge in [0, 0.05) is 50.6 Å². The SMILES string of the molecule is O=C(Nc1ccc2c(c1)C(c1ccc(N3CCNCC3)cc1)=CC2)NN1CCOCC1. The third-order valence-electron chi connectivity index (χ3n) is 6.12. The number of benzene rings is 2. The molecule has 3 aliphatic rings. The lowest BCUT2D eigenvalue weighted by Crippen LogP contribution is -2.49. The Morgan fingerprint density at radius 2 is 1.74 bits per heavy atom. The number of fused-ring (bicyclic) bond motifs is 1. The molecule has 2 heterocycles. The molecule has 0 radical (unpaired) electrons. The summed E-state index contributed by atoms with van der Waals surface area (Å²) in [6.45, 7) is 6.85. The quantitative estimate of drug-likeness (QED) is 0.710. The number of piperazine rings is 1. The van der Waals surface area contributed by atoms with E-state index in [4.69, 9.17) is 4.74 Å². The molecule has 0 saturated carbocycles. The van der Waals surface area contributed by atoms with E-state index < -0.39 is 0 Å². The minimum atomic E-state index is -0.217. The predicted molar refractivity (Wildman–Crippen MR) is 123 cm³/mol. The Morgan fingerprint density at radius 1 is 0.968 bits per heavy atom. The van der Waals surface area contributed by atoms with E-state index in [1.54, 1.807) is 0 Å². The van der Waals surface area contributed by atoms with Crippen molar-refractivity contribution >= 4 is 23.0 Å². The van der Waals surface area contributed by atoms with Crippen LogP contribution in [0.2, 0.25) is 0 Å². The zero-order chi connectivity index (χ0) is 21.0. The highest BCUT2D eigenvalue weighted by atomic mass is 16.5. The Hall–Kier alpha value is -2.87. The lowest BCUT2D eigenvalue weighted by Gasteiger charge is -2.29. The van der Waals surface area contributed by atoms with Crippen LogP contribution < -0.4 is 21.0 Å². The number of nitrogens with one attached hydrogen (secondary N) is 3. The van der Waals surface area contributed by atoms with Gasteiger partial charge in [-0.2, -0.15) is 0 Å². The summed E-state index contributed by atoms with van der Waals surface area (Å²) in [5, 5.41) is 8.26. The molecular formula is C24H29N5O2. The van der Waals surface area contributed by atoms with Crippen molar-refractivity contribution in [2.75, 3.05) is 62.7 Å². The van der Waals surface area contributed by atoms with Crippen LogP contribution in [-0.2, 0) is 11.2 Å². The van der Waals surface area contributed by atoms with Gasteiger partial charge in [0.15, 0.2) is 0 Å². The van der Waals surface area contributed by atoms with E-state index in [9.17, 15) is 4.79 Å². The van der Waals surface area contributed by atoms with Crippen LogP contribution in [0.5, 0.6) is 0 Å². The van der Waals surface area contributed by atoms with Gasteiger partial charge in [-0.15, -0.1) is 0 Å². The van der Waals surface area contributed by atoms with Crippen molar-refractivity contribution < 1.29 is 9.53 Å². The second kappa shape index (κ2) is 9.09. The number of hydrogen-bond donors (Lipinski definition) is 3. The van der Waals surface area contributed by atoms with Crippen LogP contribution >= 0.6 is 0 Å². The number of nitrogens with zero attached hydrogens (tertiary/aromatic N) is 2. The van der Waals surface area contributed by atoms with E-state index in [0.29, 0.717) is 26.3 Å². The molecular weight excluding hydrogens is 390 g/mol. The van der Waals surface area contributed by atoms with Gasteiger partial charge in [-0.25, -0.2) is 9.80 Å². The van der Waals surface area contributed by atoms with E-state index in [0.717, 1.165) is 38.3 Å². The maximum Gasteiger partial charge on any atom is 0.333 e. The van der Waals surface area contributed by atoms with Crippen LogP contribution in [0.25, 0.3) is 5.57 Å². The molecule has 2 saturated heterocycles. The number of anilines is 2. The number of hydrogen-bond acceptors (Lipinski definition) is 5. The molecule has 5 rings (SSSR count).